The number of hydrogen-bond donors (Lipinski definition) is 1. The number of hydrogen-bond acceptors (Lipinski definition) is 3. The van der Waals surface area contributed by atoms with E-state index in [-0.39, 0.29) is 6.61 Å². The summed E-state index contributed by atoms with van der Waals surface area (Å²) in [5.74, 6) is 1.50. The van der Waals surface area contributed by atoms with Crippen LogP contribution in [0.5, 0.6) is 11.5 Å². The van der Waals surface area contributed by atoms with Gasteiger partial charge in [-0.1, -0.05) is 36.4 Å². The molecule has 1 atom stereocenters. The molecule has 0 spiro atoms. The highest BCUT2D eigenvalue weighted by Crippen LogP contribution is 2.29. The Bertz CT molecular complexity index is 967. The van der Waals surface area contributed by atoms with Crippen LogP contribution in [0.15, 0.2) is 72.8 Å². The zero-order valence-corrected chi connectivity index (χ0v) is 14.6. The van der Waals surface area contributed by atoms with E-state index in [0.29, 0.717) is 12.3 Å². The molecular weight excluding hydrogens is 326 g/mol. The van der Waals surface area contributed by atoms with Gasteiger partial charge in [-0.25, -0.2) is 0 Å². The Hall–Kier alpha value is -2.98. The Morgan fingerprint density at radius 2 is 1.35 bits per heavy atom. The van der Waals surface area contributed by atoms with Gasteiger partial charge < -0.3 is 19.1 Å². The SMILES string of the molecule is COc1ccc(OC[C@@H](O)Cn2c3ccccc3c3ccccc32)cc1. The van der Waals surface area contributed by atoms with Crippen LogP contribution in [0.1, 0.15) is 0 Å². The van der Waals surface area contributed by atoms with Crippen LogP contribution in [0, 0.1) is 0 Å². The maximum Gasteiger partial charge on any atom is 0.119 e. The fraction of sp³-hybridized carbons (Fsp3) is 0.182. The van der Waals surface area contributed by atoms with E-state index >= 15 is 0 Å². The lowest BCUT2D eigenvalue weighted by Crippen LogP contribution is -2.23. The summed E-state index contributed by atoms with van der Waals surface area (Å²) in [6, 6.07) is 23.9. The van der Waals surface area contributed by atoms with E-state index in [1.165, 1.54) is 10.8 Å². The van der Waals surface area contributed by atoms with Crippen molar-refractivity contribution >= 4 is 21.8 Å². The van der Waals surface area contributed by atoms with Crippen molar-refractivity contribution in [3.05, 3.63) is 72.8 Å². The van der Waals surface area contributed by atoms with Crippen LogP contribution in [-0.2, 0) is 6.54 Å². The first kappa shape index (κ1) is 16.5. The molecule has 4 rings (SSSR count). The van der Waals surface area contributed by atoms with Crippen molar-refractivity contribution in [1.29, 1.82) is 0 Å². The van der Waals surface area contributed by atoms with E-state index < -0.39 is 6.10 Å². The maximum absolute atomic E-state index is 10.5. The summed E-state index contributed by atoms with van der Waals surface area (Å²) in [6.45, 7) is 0.706. The fourth-order valence-corrected chi connectivity index (χ4v) is 3.33. The minimum Gasteiger partial charge on any atom is -0.497 e. The number of rotatable bonds is 6. The third kappa shape index (κ3) is 3.11. The highest BCUT2D eigenvalue weighted by atomic mass is 16.5. The smallest absolute Gasteiger partial charge is 0.119 e. The van der Waals surface area contributed by atoms with Gasteiger partial charge in [0.05, 0.1) is 13.7 Å². The zero-order chi connectivity index (χ0) is 17.9. The zero-order valence-electron chi connectivity index (χ0n) is 14.6. The summed E-state index contributed by atoms with van der Waals surface area (Å²) in [7, 11) is 1.63. The van der Waals surface area contributed by atoms with Gasteiger partial charge in [0.15, 0.2) is 0 Å². The van der Waals surface area contributed by atoms with Gasteiger partial charge in [-0.15, -0.1) is 0 Å². The number of aromatic nitrogens is 1. The van der Waals surface area contributed by atoms with E-state index in [9.17, 15) is 5.11 Å². The van der Waals surface area contributed by atoms with Crippen LogP contribution >= 0.6 is 0 Å². The first-order valence-corrected chi connectivity index (χ1v) is 8.67. The maximum atomic E-state index is 10.5. The van der Waals surface area contributed by atoms with Gasteiger partial charge in [0.2, 0.25) is 0 Å². The predicted octanol–water partition coefficient (Wildman–Crippen LogP) is 4.24. The lowest BCUT2D eigenvalue weighted by atomic mass is 10.2. The van der Waals surface area contributed by atoms with E-state index in [4.69, 9.17) is 9.47 Å². The molecule has 132 valence electrons. The molecule has 0 radical (unpaired) electrons. The average Bonchev–Trinajstić information content (AvgIpc) is 3.01. The van der Waals surface area contributed by atoms with Crippen molar-refractivity contribution in [1.82, 2.24) is 4.57 Å². The van der Waals surface area contributed by atoms with E-state index in [0.717, 1.165) is 16.8 Å². The third-order valence-electron chi connectivity index (χ3n) is 4.58. The summed E-state index contributed by atoms with van der Waals surface area (Å²) >= 11 is 0. The summed E-state index contributed by atoms with van der Waals surface area (Å²) < 4.78 is 13.0. The molecule has 0 aliphatic carbocycles. The van der Waals surface area contributed by atoms with Crippen molar-refractivity contribution in [3.8, 4) is 11.5 Å². The summed E-state index contributed by atoms with van der Waals surface area (Å²) in [5.41, 5.74) is 2.24. The predicted molar refractivity (Wildman–Crippen MR) is 104 cm³/mol. The molecule has 1 heterocycles. The van der Waals surface area contributed by atoms with Crippen LogP contribution < -0.4 is 9.47 Å². The van der Waals surface area contributed by atoms with Gasteiger partial charge in [0, 0.05) is 21.8 Å². The lowest BCUT2D eigenvalue weighted by Gasteiger charge is -2.15. The normalized spacial score (nSPS) is 12.4. The summed E-state index contributed by atoms with van der Waals surface area (Å²) in [5, 5.41) is 12.9. The topological polar surface area (TPSA) is 43.6 Å². The van der Waals surface area contributed by atoms with Crippen LogP contribution in [0.25, 0.3) is 21.8 Å². The van der Waals surface area contributed by atoms with Crippen LogP contribution in [-0.4, -0.2) is 29.5 Å². The molecule has 26 heavy (non-hydrogen) atoms. The molecule has 1 N–H and O–H groups in total. The largest absolute Gasteiger partial charge is 0.497 e. The molecule has 0 aliphatic rings. The molecule has 1 aromatic heterocycles. The molecule has 0 saturated heterocycles. The van der Waals surface area contributed by atoms with E-state index in [1.807, 2.05) is 48.5 Å². The Morgan fingerprint density at radius 3 is 1.92 bits per heavy atom. The Labute approximate surface area is 152 Å². The first-order valence-electron chi connectivity index (χ1n) is 8.67. The van der Waals surface area contributed by atoms with Crippen LogP contribution in [0.4, 0.5) is 0 Å². The Kier molecular flexibility index (Phi) is 4.50. The molecule has 4 heteroatoms. The lowest BCUT2D eigenvalue weighted by molar-refractivity contribution is 0.0945. The Balaban J connectivity index is 1.54. The van der Waals surface area contributed by atoms with Gasteiger partial charge >= 0.3 is 0 Å². The monoisotopic (exact) mass is 347 g/mol. The molecule has 0 saturated carbocycles. The van der Waals surface area contributed by atoms with Crippen molar-refractivity contribution in [2.75, 3.05) is 13.7 Å². The van der Waals surface area contributed by atoms with Gasteiger partial charge in [-0.2, -0.15) is 0 Å². The summed E-state index contributed by atoms with van der Waals surface area (Å²) in [6.07, 6.45) is -0.615. The molecule has 0 amide bonds. The average molecular weight is 347 g/mol. The highest BCUT2D eigenvalue weighted by Gasteiger charge is 2.13. The van der Waals surface area contributed by atoms with Gasteiger partial charge in [-0.05, 0) is 36.4 Å². The number of para-hydroxylation sites is 2. The molecule has 0 fully saturated rings. The number of aliphatic hydroxyl groups excluding tert-OH is 1. The Morgan fingerprint density at radius 1 is 0.808 bits per heavy atom. The summed E-state index contributed by atoms with van der Waals surface area (Å²) in [4.78, 5) is 0. The molecule has 3 aromatic carbocycles. The number of methoxy groups -OCH3 is 1. The van der Waals surface area contributed by atoms with E-state index in [2.05, 4.69) is 28.8 Å². The number of benzene rings is 3. The third-order valence-corrected chi connectivity index (χ3v) is 4.58. The van der Waals surface area contributed by atoms with Crippen LogP contribution in [0.3, 0.4) is 0 Å². The standard InChI is InChI=1S/C22H21NO3/c1-25-17-10-12-18(13-11-17)26-15-16(24)14-23-21-8-4-2-6-19(21)20-7-3-5-9-22(20)23/h2-13,16,24H,14-15H2,1H3/t16-/m0/s1. The second-order valence-corrected chi connectivity index (χ2v) is 6.29. The van der Waals surface area contributed by atoms with E-state index in [1.54, 1.807) is 7.11 Å². The number of ether oxygens (including phenoxy) is 2. The molecule has 0 bridgehead atoms. The quantitative estimate of drug-likeness (QED) is 0.567. The van der Waals surface area contributed by atoms with Gasteiger partial charge in [-0.3, -0.25) is 0 Å². The minimum atomic E-state index is -0.615. The van der Waals surface area contributed by atoms with Gasteiger partial charge in [0.1, 0.15) is 24.2 Å². The van der Waals surface area contributed by atoms with Crippen LogP contribution in [0.2, 0.25) is 0 Å². The van der Waals surface area contributed by atoms with Crippen molar-refractivity contribution in [2.24, 2.45) is 0 Å². The van der Waals surface area contributed by atoms with Gasteiger partial charge in [0.25, 0.3) is 0 Å². The molecular formula is C22H21NO3. The number of aliphatic hydroxyl groups is 1. The molecule has 0 aliphatic heterocycles. The van der Waals surface area contributed by atoms with Crippen molar-refractivity contribution in [2.45, 2.75) is 12.6 Å². The minimum absolute atomic E-state index is 0.229. The van der Waals surface area contributed by atoms with Crippen molar-refractivity contribution in [3.63, 3.8) is 0 Å². The van der Waals surface area contributed by atoms with Crippen molar-refractivity contribution < 1.29 is 14.6 Å². The fourth-order valence-electron chi connectivity index (χ4n) is 3.33. The molecule has 4 aromatic rings. The number of nitrogens with zero attached hydrogens (tertiary/aromatic N) is 1. The molecule has 4 nitrogen and oxygen atoms in total. The highest BCUT2D eigenvalue weighted by molar-refractivity contribution is 6.07. The second-order valence-electron chi connectivity index (χ2n) is 6.29. The first-order chi connectivity index (χ1) is 12.8. The molecule has 0 unspecified atom stereocenters. The second kappa shape index (κ2) is 7.10. The number of fused-ring (bicyclic) bond motifs is 3.